The van der Waals surface area contributed by atoms with Gasteiger partial charge in [0.15, 0.2) is 17.5 Å². The predicted octanol–water partition coefficient (Wildman–Crippen LogP) is 14.2. The van der Waals surface area contributed by atoms with E-state index in [2.05, 4.69) is 116 Å². The van der Waals surface area contributed by atoms with E-state index in [1.807, 2.05) is 121 Å². The summed E-state index contributed by atoms with van der Waals surface area (Å²) >= 11 is 0. The second kappa shape index (κ2) is 17.2. The second-order valence-corrected chi connectivity index (χ2v) is 15.3. The minimum absolute atomic E-state index is 0.601. The summed E-state index contributed by atoms with van der Waals surface area (Å²) < 4.78 is 0. The van der Waals surface area contributed by atoms with Crippen molar-refractivity contribution in [2.24, 2.45) is 4.99 Å². The van der Waals surface area contributed by atoms with Gasteiger partial charge in [0.25, 0.3) is 0 Å². The van der Waals surface area contributed by atoms with E-state index >= 15 is 0 Å². The summed E-state index contributed by atoms with van der Waals surface area (Å²) in [7, 11) is 0. The zero-order valence-corrected chi connectivity index (χ0v) is 34.5. The van der Waals surface area contributed by atoms with Crippen LogP contribution in [-0.4, -0.2) is 20.8 Å². The Balaban J connectivity index is 1.22. The molecule has 1 N–H and O–H groups in total. The molecule has 0 unspecified atom stereocenters. The van der Waals surface area contributed by atoms with Crippen molar-refractivity contribution in [3.63, 3.8) is 0 Å². The summed E-state index contributed by atoms with van der Waals surface area (Å²) in [5, 5.41) is 7.96. The van der Waals surface area contributed by atoms with Gasteiger partial charge in [-0.1, -0.05) is 219 Å². The Hall–Kier alpha value is -8.54. The third kappa shape index (κ3) is 7.95. The lowest BCUT2D eigenvalue weighted by atomic mass is 9.84. The quantitative estimate of drug-likeness (QED) is 0.0849. The number of aliphatic imine (C=N–C) groups is 1. The number of rotatable bonds is 10. The fraction of sp³-hybridized carbons (Fsp3) is 0. The topological polar surface area (TPSA) is 63.1 Å². The molecule has 0 aliphatic heterocycles. The standard InChI is InChI=1S/C58H41N5/c1-39(41-21-9-3-10-22-41)59-57(60-40(2)42-23-11-4-12-24-42)47-33-35-49-51(37-47)53(43-25-13-5-14-26-43)50-36-34-48(38-52(50)54(49)44-27-15-6-16-28-44)58-62-55(45-29-17-7-18-30-45)61-56(63-58)46-31-19-8-20-32-46/h3-38H,1-2H2,(H,59,60). The van der Waals surface area contributed by atoms with Gasteiger partial charge < -0.3 is 5.32 Å². The first-order valence-corrected chi connectivity index (χ1v) is 20.9. The number of nitrogens with one attached hydrogen (secondary N) is 1. The highest BCUT2D eigenvalue weighted by Crippen LogP contribution is 2.45. The monoisotopic (exact) mass is 807 g/mol. The van der Waals surface area contributed by atoms with Crippen LogP contribution in [0.5, 0.6) is 0 Å². The van der Waals surface area contributed by atoms with Crippen molar-refractivity contribution in [2.45, 2.75) is 0 Å². The van der Waals surface area contributed by atoms with Crippen molar-refractivity contribution >= 4 is 38.8 Å². The van der Waals surface area contributed by atoms with Gasteiger partial charge in [-0.15, -0.1) is 0 Å². The highest BCUT2D eigenvalue weighted by molar-refractivity contribution is 6.23. The lowest BCUT2D eigenvalue weighted by Crippen LogP contribution is -2.23. The van der Waals surface area contributed by atoms with Crippen LogP contribution in [0.3, 0.4) is 0 Å². The number of amidine groups is 1. The van der Waals surface area contributed by atoms with Crippen molar-refractivity contribution in [3.8, 4) is 56.4 Å². The molecule has 0 atom stereocenters. The zero-order valence-electron chi connectivity index (χ0n) is 34.5. The van der Waals surface area contributed by atoms with Crippen molar-refractivity contribution in [3.05, 3.63) is 248 Å². The largest absolute Gasteiger partial charge is 0.340 e. The van der Waals surface area contributed by atoms with E-state index < -0.39 is 0 Å². The summed E-state index contributed by atoms with van der Waals surface area (Å²) in [5.74, 6) is 2.49. The van der Waals surface area contributed by atoms with Gasteiger partial charge in [0.1, 0.15) is 5.84 Å². The van der Waals surface area contributed by atoms with Gasteiger partial charge in [-0.25, -0.2) is 19.9 Å². The molecule has 0 spiro atoms. The molecule has 0 saturated heterocycles. The van der Waals surface area contributed by atoms with Crippen molar-refractivity contribution < 1.29 is 0 Å². The van der Waals surface area contributed by atoms with E-state index in [4.69, 9.17) is 19.9 Å². The van der Waals surface area contributed by atoms with Gasteiger partial charge in [0.05, 0.1) is 5.70 Å². The summed E-state index contributed by atoms with van der Waals surface area (Å²) in [4.78, 5) is 20.4. The van der Waals surface area contributed by atoms with E-state index in [0.717, 1.165) is 82.9 Å². The molecule has 0 amide bonds. The minimum Gasteiger partial charge on any atom is -0.340 e. The summed E-state index contributed by atoms with van der Waals surface area (Å²) in [6, 6.07) is 74.8. The maximum atomic E-state index is 5.17. The van der Waals surface area contributed by atoms with Crippen LogP contribution >= 0.6 is 0 Å². The maximum Gasteiger partial charge on any atom is 0.164 e. The molecule has 0 radical (unpaired) electrons. The van der Waals surface area contributed by atoms with Crippen LogP contribution in [0.4, 0.5) is 0 Å². The smallest absolute Gasteiger partial charge is 0.164 e. The van der Waals surface area contributed by atoms with E-state index in [1.54, 1.807) is 0 Å². The second-order valence-electron chi connectivity index (χ2n) is 15.3. The Labute approximate surface area is 367 Å². The maximum absolute atomic E-state index is 5.17. The van der Waals surface area contributed by atoms with Crippen LogP contribution in [0.25, 0.3) is 89.4 Å². The number of hydrogen-bond acceptors (Lipinski definition) is 4. The average molecular weight is 808 g/mol. The van der Waals surface area contributed by atoms with Gasteiger partial charge in [-0.2, -0.15) is 0 Å². The molecule has 5 nitrogen and oxygen atoms in total. The van der Waals surface area contributed by atoms with Crippen LogP contribution in [-0.2, 0) is 0 Å². The van der Waals surface area contributed by atoms with E-state index in [1.165, 1.54) is 0 Å². The van der Waals surface area contributed by atoms with Crippen LogP contribution in [0.1, 0.15) is 16.7 Å². The number of benzene rings is 9. The zero-order chi connectivity index (χ0) is 42.5. The molecule has 1 heterocycles. The van der Waals surface area contributed by atoms with Gasteiger partial charge in [-0.3, -0.25) is 0 Å². The molecular weight excluding hydrogens is 767 g/mol. The average Bonchev–Trinajstić information content (AvgIpc) is 3.36. The third-order valence-electron chi connectivity index (χ3n) is 11.2. The van der Waals surface area contributed by atoms with Crippen LogP contribution in [0.15, 0.2) is 237 Å². The molecule has 0 saturated carbocycles. The molecule has 0 fully saturated rings. The first kappa shape index (κ1) is 38.6. The molecule has 0 aliphatic carbocycles. The number of nitrogens with zero attached hydrogens (tertiary/aromatic N) is 4. The molecule has 10 rings (SSSR count). The van der Waals surface area contributed by atoms with Crippen molar-refractivity contribution in [1.82, 2.24) is 20.3 Å². The fourth-order valence-corrected chi connectivity index (χ4v) is 8.13. The Kier molecular flexibility index (Phi) is 10.6. The van der Waals surface area contributed by atoms with Gasteiger partial charge in [0.2, 0.25) is 0 Å². The minimum atomic E-state index is 0.601. The molecule has 298 valence electrons. The molecule has 10 aromatic rings. The Morgan fingerprint density at radius 3 is 1.24 bits per heavy atom. The number of fused-ring (bicyclic) bond motifs is 2. The van der Waals surface area contributed by atoms with Crippen molar-refractivity contribution in [1.29, 1.82) is 0 Å². The lowest BCUT2D eigenvalue weighted by molar-refractivity contribution is 1.07. The predicted molar refractivity (Wildman–Crippen MR) is 263 cm³/mol. The van der Waals surface area contributed by atoms with E-state index in [9.17, 15) is 0 Å². The van der Waals surface area contributed by atoms with Crippen LogP contribution in [0, 0.1) is 0 Å². The lowest BCUT2D eigenvalue weighted by Gasteiger charge is -2.20. The summed E-state index contributed by atoms with van der Waals surface area (Å²) in [6.45, 7) is 8.83. The first-order valence-electron chi connectivity index (χ1n) is 20.9. The molecule has 0 bridgehead atoms. The highest BCUT2D eigenvalue weighted by atomic mass is 15.0. The van der Waals surface area contributed by atoms with Gasteiger partial charge in [-0.05, 0) is 67.1 Å². The summed E-state index contributed by atoms with van der Waals surface area (Å²) in [5.41, 5.74) is 11.4. The number of aromatic nitrogens is 3. The third-order valence-corrected chi connectivity index (χ3v) is 11.2. The molecular formula is C58H41N5. The normalized spacial score (nSPS) is 11.4. The van der Waals surface area contributed by atoms with Crippen LogP contribution < -0.4 is 5.32 Å². The molecule has 9 aromatic carbocycles. The van der Waals surface area contributed by atoms with E-state index in [-0.39, 0.29) is 0 Å². The van der Waals surface area contributed by atoms with Crippen molar-refractivity contribution in [2.75, 3.05) is 0 Å². The first-order chi connectivity index (χ1) is 31.1. The van der Waals surface area contributed by atoms with Crippen LogP contribution in [0.2, 0.25) is 0 Å². The van der Waals surface area contributed by atoms with Gasteiger partial charge >= 0.3 is 0 Å². The Morgan fingerprint density at radius 2 is 0.746 bits per heavy atom. The molecule has 5 heteroatoms. The highest BCUT2D eigenvalue weighted by Gasteiger charge is 2.21. The van der Waals surface area contributed by atoms with Gasteiger partial charge in [0, 0.05) is 28.0 Å². The fourth-order valence-electron chi connectivity index (χ4n) is 8.13. The Morgan fingerprint density at radius 1 is 0.349 bits per heavy atom. The summed E-state index contributed by atoms with van der Waals surface area (Å²) in [6.07, 6.45) is 0. The Bertz CT molecular complexity index is 3240. The molecule has 1 aromatic heterocycles. The number of hydrogen-bond donors (Lipinski definition) is 1. The molecule has 63 heavy (non-hydrogen) atoms. The SMILES string of the molecule is C=C(N=C(NC(=C)c1ccccc1)c1ccc2c(-c3ccccc3)c3cc(-c4nc(-c5ccccc5)nc(-c5ccccc5)n4)ccc3c(-c3ccccc3)c2c1)c1ccccc1. The molecule has 0 aliphatic rings. The van der Waals surface area contributed by atoms with E-state index in [0.29, 0.717) is 29.0 Å².